The van der Waals surface area contributed by atoms with Gasteiger partial charge in [-0.1, -0.05) is 12.1 Å². The average Bonchev–Trinajstić information content (AvgIpc) is 3.08. The van der Waals surface area contributed by atoms with Crippen molar-refractivity contribution in [3.63, 3.8) is 0 Å². The molecular formula is C17H13NO7. The molecule has 3 N–H and O–H groups in total. The molecule has 0 saturated heterocycles. The number of nitrogens with zero attached hydrogens (tertiary/aromatic N) is 1. The van der Waals surface area contributed by atoms with Crippen LogP contribution in [0.4, 0.5) is 5.69 Å². The van der Waals surface area contributed by atoms with Crippen molar-refractivity contribution in [1.29, 1.82) is 0 Å². The quantitative estimate of drug-likeness (QED) is 0.370. The van der Waals surface area contributed by atoms with Gasteiger partial charge in [0.2, 0.25) is 6.79 Å². The van der Waals surface area contributed by atoms with Gasteiger partial charge < -0.3 is 19.3 Å². The zero-order chi connectivity index (χ0) is 17.7. The fourth-order valence-corrected chi connectivity index (χ4v) is 3.13. The zero-order valence-corrected chi connectivity index (χ0v) is 13.0. The van der Waals surface area contributed by atoms with Gasteiger partial charge in [-0.15, -0.1) is 5.23 Å². The largest absolute Gasteiger partial charge is 0.507 e. The number of anilines is 1. The molecule has 0 aliphatic carbocycles. The molecule has 1 heterocycles. The molecule has 4 rings (SSSR count). The molecule has 0 unspecified atom stereocenters. The Hall–Kier alpha value is -3.23. The van der Waals surface area contributed by atoms with E-state index in [0.29, 0.717) is 27.7 Å². The average molecular weight is 343 g/mol. The van der Waals surface area contributed by atoms with Gasteiger partial charge in [0, 0.05) is 16.2 Å². The fraction of sp³-hybridized carbons (Fsp3) is 0.118. The van der Waals surface area contributed by atoms with E-state index >= 15 is 0 Å². The summed E-state index contributed by atoms with van der Waals surface area (Å²) in [6, 6.07) is 7.63. The molecule has 0 bridgehead atoms. The van der Waals surface area contributed by atoms with E-state index in [1.807, 2.05) is 0 Å². The van der Waals surface area contributed by atoms with Crippen LogP contribution in [0.5, 0.6) is 17.2 Å². The summed E-state index contributed by atoms with van der Waals surface area (Å²) in [6.07, 6.45) is 0. The van der Waals surface area contributed by atoms with Crippen LogP contribution in [0.3, 0.4) is 0 Å². The number of phenols is 1. The molecule has 0 fully saturated rings. The van der Waals surface area contributed by atoms with Crippen LogP contribution in [0.2, 0.25) is 0 Å². The number of phenolic OH excluding ortho intramolecular Hbond substituents is 1. The highest BCUT2D eigenvalue weighted by Gasteiger charge is 2.28. The monoisotopic (exact) mass is 343 g/mol. The molecule has 0 saturated carbocycles. The Morgan fingerprint density at radius 3 is 2.68 bits per heavy atom. The number of esters is 1. The van der Waals surface area contributed by atoms with Crippen molar-refractivity contribution in [3.8, 4) is 17.2 Å². The van der Waals surface area contributed by atoms with Gasteiger partial charge in [-0.3, -0.25) is 10.4 Å². The highest BCUT2D eigenvalue weighted by Crippen LogP contribution is 2.48. The van der Waals surface area contributed by atoms with E-state index in [9.17, 15) is 20.3 Å². The number of ether oxygens (including phenoxy) is 3. The fourth-order valence-electron chi connectivity index (χ4n) is 3.13. The Bertz CT molecular complexity index is 1030. The minimum atomic E-state index is -0.675. The first kappa shape index (κ1) is 15.3. The minimum absolute atomic E-state index is 0.0401. The predicted molar refractivity (Wildman–Crippen MR) is 86.6 cm³/mol. The van der Waals surface area contributed by atoms with E-state index in [2.05, 4.69) is 0 Å². The lowest BCUT2D eigenvalue weighted by Crippen LogP contribution is -2.13. The van der Waals surface area contributed by atoms with Gasteiger partial charge in [0.05, 0.1) is 12.7 Å². The van der Waals surface area contributed by atoms with Crippen molar-refractivity contribution in [2.45, 2.75) is 0 Å². The first-order valence-electron chi connectivity index (χ1n) is 7.30. The number of hydrogen-bond acceptors (Lipinski definition) is 8. The second-order valence-electron chi connectivity index (χ2n) is 5.46. The summed E-state index contributed by atoms with van der Waals surface area (Å²) < 4.78 is 15.7. The van der Waals surface area contributed by atoms with E-state index in [1.165, 1.54) is 25.3 Å². The second-order valence-corrected chi connectivity index (χ2v) is 5.46. The molecule has 1 aliphatic heterocycles. The lowest BCUT2D eigenvalue weighted by molar-refractivity contribution is 0.0300. The molecule has 8 heteroatoms. The third-order valence-corrected chi connectivity index (χ3v) is 4.17. The molecule has 3 aromatic rings. The van der Waals surface area contributed by atoms with Crippen molar-refractivity contribution in [2.24, 2.45) is 0 Å². The highest BCUT2D eigenvalue weighted by atomic mass is 16.8. The Balaban J connectivity index is 2.30. The van der Waals surface area contributed by atoms with Gasteiger partial charge in [0.1, 0.15) is 11.4 Å². The number of carbonyl (C=O) groups excluding carboxylic acids is 1. The summed E-state index contributed by atoms with van der Waals surface area (Å²) in [5, 5.41) is 31.0. The Labute approximate surface area is 140 Å². The van der Waals surface area contributed by atoms with Crippen molar-refractivity contribution in [2.75, 3.05) is 19.1 Å². The van der Waals surface area contributed by atoms with Gasteiger partial charge in [0.15, 0.2) is 11.5 Å². The van der Waals surface area contributed by atoms with E-state index in [-0.39, 0.29) is 34.4 Å². The van der Waals surface area contributed by atoms with Gasteiger partial charge in [-0.2, -0.15) is 0 Å². The van der Waals surface area contributed by atoms with Gasteiger partial charge in [-0.25, -0.2) is 4.79 Å². The number of aromatic hydroxyl groups is 1. The van der Waals surface area contributed by atoms with Crippen molar-refractivity contribution >= 4 is 33.2 Å². The van der Waals surface area contributed by atoms with Gasteiger partial charge in [-0.05, 0) is 23.6 Å². The SMILES string of the molecule is COC(=O)c1cc2c(c3c1c(N(O)O)cc1c(O)cccc13)OCO2. The number of benzene rings is 3. The highest BCUT2D eigenvalue weighted by molar-refractivity contribution is 6.23. The predicted octanol–water partition coefficient (Wildman–Crippen LogP) is 2.80. The summed E-state index contributed by atoms with van der Waals surface area (Å²) in [6.45, 7) is -0.0401. The molecule has 128 valence electrons. The van der Waals surface area contributed by atoms with Crippen LogP contribution in [-0.4, -0.2) is 35.4 Å². The van der Waals surface area contributed by atoms with Gasteiger partial charge in [0.25, 0.3) is 0 Å². The Morgan fingerprint density at radius 2 is 1.96 bits per heavy atom. The van der Waals surface area contributed by atoms with Crippen LogP contribution in [0.1, 0.15) is 10.4 Å². The van der Waals surface area contributed by atoms with Crippen LogP contribution in [0.25, 0.3) is 21.5 Å². The maximum absolute atomic E-state index is 12.3. The van der Waals surface area contributed by atoms with E-state index in [4.69, 9.17) is 14.2 Å². The van der Waals surface area contributed by atoms with Crippen LogP contribution >= 0.6 is 0 Å². The van der Waals surface area contributed by atoms with Crippen LogP contribution in [0.15, 0.2) is 30.3 Å². The Morgan fingerprint density at radius 1 is 1.16 bits per heavy atom. The maximum Gasteiger partial charge on any atom is 0.338 e. The van der Waals surface area contributed by atoms with Crippen LogP contribution in [0, 0.1) is 0 Å². The number of carbonyl (C=O) groups is 1. The van der Waals surface area contributed by atoms with Crippen molar-refractivity contribution < 1.29 is 34.5 Å². The van der Waals surface area contributed by atoms with Crippen molar-refractivity contribution in [1.82, 2.24) is 0 Å². The number of fused-ring (bicyclic) bond motifs is 5. The number of rotatable bonds is 2. The molecule has 8 nitrogen and oxygen atoms in total. The third kappa shape index (κ3) is 2.12. The molecule has 0 radical (unpaired) electrons. The molecule has 0 aromatic heterocycles. The molecule has 25 heavy (non-hydrogen) atoms. The molecule has 1 aliphatic rings. The van der Waals surface area contributed by atoms with E-state index in [0.717, 1.165) is 0 Å². The lowest BCUT2D eigenvalue weighted by Gasteiger charge is -2.18. The maximum atomic E-state index is 12.3. The summed E-state index contributed by atoms with van der Waals surface area (Å²) in [5.41, 5.74) is -0.0298. The summed E-state index contributed by atoms with van der Waals surface area (Å²) >= 11 is 0. The van der Waals surface area contributed by atoms with E-state index in [1.54, 1.807) is 12.1 Å². The summed E-state index contributed by atoms with van der Waals surface area (Å²) in [4.78, 5) is 12.3. The summed E-state index contributed by atoms with van der Waals surface area (Å²) in [5.74, 6) is -0.0522. The molecule has 0 spiro atoms. The molecular weight excluding hydrogens is 330 g/mol. The van der Waals surface area contributed by atoms with Crippen LogP contribution < -0.4 is 14.7 Å². The number of hydrogen-bond donors (Lipinski definition) is 3. The molecule has 0 amide bonds. The normalized spacial score (nSPS) is 12.6. The Kier molecular flexibility index (Phi) is 3.31. The lowest BCUT2D eigenvalue weighted by atomic mass is 9.95. The third-order valence-electron chi connectivity index (χ3n) is 4.17. The van der Waals surface area contributed by atoms with Crippen LogP contribution in [-0.2, 0) is 4.74 Å². The molecule has 0 atom stereocenters. The second kappa shape index (κ2) is 5.40. The van der Waals surface area contributed by atoms with E-state index < -0.39 is 5.97 Å². The smallest absolute Gasteiger partial charge is 0.338 e. The zero-order valence-electron chi connectivity index (χ0n) is 13.0. The summed E-state index contributed by atoms with van der Waals surface area (Å²) in [7, 11) is 1.22. The first-order chi connectivity index (χ1) is 12.0. The van der Waals surface area contributed by atoms with Gasteiger partial charge >= 0.3 is 5.97 Å². The number of methoxy groups -OCH3 is 1. The van der Waals surface area contributed by atoms with Crippen molar-refractivity contribution in [3.05, 3.63) is 35.9 Å². The first-order valence-corrected chi connectivity index (χ1v) is 7.30. The minimum Gasteiger partial charge on any atom is -0.507 e. The topological polar surface area (TPSA) is 109 Å². The standard InChI is InChI=1S/C17H13NO7/c1-23-17(20)10-6-13-16(25-7-24-13)15-8-3-2-4-12(19)9(8)5-11(14(10)15)18(21)22/h2-6,19,21-22H,7H2,1H3. The molecule has 3 aromatic carbocycles.